The molecule has 0 aromatic heterocycles. The number of hydrogen-bond acceptors (Lipinski definition) is 5. The molecule has 2 amide bonds. The highest BCUT2D eigenvalue weighted by Gasteiger charge is 2.25. The average Bonchev–Trinajstić information content (AvgIpc) is 2.43. The van der Waals surface area contributed by atoms with Gasteiger partial charge in [-0.1, -0.05) is 25.2 Å². The molecule has 21 heavy (non-hydrogen) atoms. The highest BCUT2D eigenvalue weighted by molar-refractivity contribution is 5.97. The normalized spacial score (nSPS) is 20.6. The first-order valence-electron chi connectivity index (χ1n) is 6.64. The number of nitrogens with one attached hydrogen (secondary N) is 2. The smallest absolute Gasteiger partial charge is 0.251 e. The van der Waals surface area contributed by atoms with Crippen molar-refractivity contribution in [2.24, 2.45) is 11.8 Å². The van der Waals surface area contributed by atoms with Gasteiger partial charge in [-0.15, -0.1) is 0 Å². The molecule has 8 heteroatoms. The van der Waals surface area contributed by atoms with E-state index in [0.717, 1.165) is 0 Å². The summed E-state index contributed by atoms with van der Waals surface area (Å²) in [5, 5.41) is 23.9. The molecule has 0 aromatic carbocycles. The second kappa shape index (κ2) is 8.15. The number of nitrogens with zero attached hydrogens (tertiary/aromatic N) is 1. The predicted molar refractivity (Wildman–Crippen MR) is 74.8 cm³/mol. The van der Waals surface area contributed by atoms with Gasteiger partial charge in [-0.2, -0.15) is 0 Å². The van der Waals surface area contributed by atoms with E-state index < -0.39 is 10.8 Å². The molecule has 0 aromatic rings. The SMILES string of the molecule is CC1C=C(C(=O)NCCO)C=C[C@@H]1C(=O)NCC[N+](=O)[O-]. The standard InChI is InChI=1S/C13H19N3O5/c1-9-8-10(12(18)15-5-7-17)2-3-11(9)13(19)14-4-6-16(20)21/h2-3,8-9,11,17H,4-7H2,1H3,(H,14,19)(H,15,18)/t9?,11-/m0/s1. The number of carbonyl (C=O) groups is 2. The van der Waals surface area contributed by atoms with Gasteiger partial charge in [0.2, 0.25) is 12.5 Å². The number of amides is 2. The number of aliphatic hydroxyl groups excluding tert-OH is 1. The molecule has 116 valence electrons. The van der Waals surface area contributed by atoms with E-state index in [1.165, 1.54) is 0 Å². The number of allylic oxidation sites excluding steroid dienone is 1. The largest absolute Gasteiger partial charge is 0.395 e. The van der Waals surface area contributed by atoms with E-state index in [0.29, 0.717) is 5.57 Å². The summed E-state index contributed by atoms with van der Waals surface area (Å²) in [7, 11) is 0. The van der Waals surface area contributed by atoms with E-state index >= 15 is 0 Å². The fourth-order valence-electron chi connectivity index (χ4n) is 1.96. The number of aliphatic hydroxyl groups is 1. The number of nitro groups is 1. The lowest BCUT2D eigenvalue weighted by atomic mass is 9.86. The Kier molecular flexibility index (Phi) is 6.54. The molecule has 0 fully saturated rings. The Hall–Kier alpha value is -2.22. The highest BCUT2D eigenvalue weighted by atomic mass is 16.6. The maximum atomic E-state index is 11.9. The van der Waals surface area contributed by atoms with Crippen LogP contribution in [0.5, 0.6) is 0 Å². The Balaban J connectivity index is 2.54. The monoisotopic (exact) mass is 297 g/mol. The summed E-state index contributed by atoms with van der Waals surface area (Å²) in [6, 6.07) is 0. The highest BCUT2D eigenvalue weighted by Crippen LogP contribution is 2.23. The van der Waals surface area contributed by atoms with Gasteiger partial charge in [-0.25, -0.2) is 0 Å². The zero-order valence-electron chi connectivity index (χ0n) is 11.7. The summed E-state index contributed by atoms with van der Waals surface area (Å²) in [5.74, 6) is -1.25. The van der Waals surface area contributed by atoms with E-state index in [2.05, 4.69) is 10.6 Å². The van der Waals surface area contributed by atoms with Crippen LogP contribution in [-0.2, 0) is 9.59 Å². The van der Waals surface area contributed by atoms with E-state index in [4.69, 9.17) is 5.11 Å². The zero-order chi connectivity index (χ0) is 15.8. The van der Waals surface area contributed by atoms with Gasteiger partial charge in [0.05, 0.1) is 19.1 Å². The molecule has 8 nitrogen and oxygen atoms in total. The topological polar surface area (TPSA) is 122 Å². The van der Waals surface area contributed by atoms with Gasteiger partial charge < -0.3 is 15.7 Å². The Morgan fingerprint density at radius 1 is 1.38 bits per heavy atom. The van der Waals surface area contributed by atoms with Crippen LogP contribution in [0.1, 0.15) is 6.92 Å². The predicted octanol–water partition coefficient (Wildman–Crippen LogP) is -0.764. The molecule has 0 bridgehead atoms. The molecule has 1 aliphatic rings. The van der Waals surface area contributed by atoms with Gasteiger partial charge in [0, 0.05) is 17.0 Å². The van der Waals surface area contributed by atoms with Crippen molar-refractivity contribution in [2.45, 2.75) is 6.92 Å². The van der Waals surface area contributed by atoms with Crippen LogP contribution in [0, 0.1) is 22.0 Å². The van der Waals surface area contributed by atoms with Crippen molar-refractivity contribution in [3.05, 3.63) is 33.9 Å². The van der Waals surface area contributed by atoms with Gasteiger partial charge in [0.25, 0.3) is 5.91 Å². The van der Waals surface area contributed by atoms with Gasteiger partial charge in [-0.3, -0.25) is 19.7 Å². The number of carbonyl (C=O) groups excluding carboxylic acids is 2. The van der Waals surface area contributed by atoms with Crippen LogP contribution in [0.25, 0.3) is 0 Å². The quantitative estimate of drug-likeness (QED) is 0.421. The summed E-state index contributed by atoms with van der Waals surface area (Å²) >= 11 is 0. The Bertz CT molecular complexity index is 472. The fraction of sp³-hybridized carbons (Fsp3) is 0.538. The van der Waals surface area contributed by atoms with Crippen molar-refractivity contribution in [3.8, 4) is 0 Å². The lowest BCUT2D eigenvalue weighted by molar-refractivity contribution is -0.477. The molecular formula is C13H19N3O5. The maximum Gasteiger partial charge on any atom is 0.251 e. The van der Waals surface area contributed by atoms with Crippen LogP contribution in [0.15, 0.2) is 23.8 Å². The Morgan fingerprint density at radius 3 is 2.67 bits per heavy atom. The summed E-state index contributed by atoms with van der Waals surface area (Å²) in [6.45, 7) is 1.49. The number of hydrogen-bond donors (Lipinski definition) is 3. The van der Waals surface area contributed by atoms with Crippen molar-refractivity contribution in [3.63, 3.8) is 0 Å². The minimum absolute atomic E-state index is 0.0174. The Labute approximate surface area is 122 Å². The van der Waals surface area contributed by atoms with Crippen LogP contribution < -0.4 is 10.6 Å². The van der Waals surface area contributed by atoms with Crippen LogP contribution in [-0.4, -0.2) is 48.1 Å². The molecule has 0 spiro atoms. The average molecular weight is 297 g/mol. The van der Waals surface area contributed by atoms with E-state index in [-0.39, 0.29) is 44.0 Å². The van der Waals surface area contributed by atoms with Crippen molar-refractivity contribution >= 4 is 11.8 Å². The van der Waals surface area contributed by atoms with Gasteiger partial charge in [-0.05, 0) is 5.92 Å². The lowest BCUT2D eigenvalue weighted by Gasteiger charge is -2.21. The molecule has 1 aliphatic carbocycles. The van der Waals surface area contributed by atoms with Crippen molar-refractivity contribution < 1.29 is 19.6 Å². The molecule has 0 radical (unpaired) electrons. The van der Waals surface area contributed by atoms with E-state index in [1.807, 2.05) is 0 Å². The second-order valence-corrected chi connectivity index (χ2v) is 4.69. The first-order chi connectivity index (χ1) is 9.95. The van der Waals surface area contributed by atoms with Crippen molar-refractivity contribution in [1.29, 1.82) is 0 Å². The lowest BCUT2D eigenvalue weighted by Crippen LogP contribution is -2.37. The van der Waals surface area contributed by atoms with Crippen LogP contribution >= 0.6 is 0 Å². The molecule has 3 N–H and O–H groups in total. The summed E-state index contributed by atoms with van der Waals surface area (Å²) in [6.07, 6.45) is 4.83. The molecule has 1 rings (SSSR count). The van der Waals surface area contributed by atoms with Crippen LogP contribution in [0.4, 0.5) is 0 Å². The third kappa shape index (κ3) is 5.35. The molecule has 0 heterocycles. The van der Waals surface area contributed by atoms with Crippen molar-refractivity contribution in [1.82, 2.24) is 10.6 Å². The summed E-state index contributed by atoms with van der Waals surface area (Å²) in [4.78, 5) is 33.3. The molecule has 2 atom stereocenters. The van der Waals surface area contributed by atoms with Crippen LogP contribution in [0.3, 0.4) is 0 Å². The summed E-state index contributed by atoms with van der Waals surface area (Å²) in [5.41, 5.74) is 0.435. The third-order valence-corrected chi connectivity index (χ3v) is 3.05. The van der Waals surface area contributed by atoms with E-state index in [9.17, 15) is 19.7 Å². The van der Waals surface area contributed by atoms with Crippen LogP contribution in [0.2, 0.25) is 0 Å². The first-order valence-corrected chi connectivity index (χ1v) is 6.64. The maximum absolute atomic E-state index is 11.9. The summed E-state index contributed by atoms with van der Waals surface area (Å²) < 4.78 is 0. The Morgan fingerprint density at radius 2 is 2.10 bits per heavy atom. The van der Waals surface area contributed by atoms with Crippen molar-refractivity contribution in [2.75, 3.05) is 26.2 Å². The van der Waals surface area contributed by atoms with E-state index in [1.54, 1.807) is 25.2 Å². The zero-order valence-corrected chi connectivity index (χ0v) is 11.7. The second-order valence-electron chi connectivity index (χ2n) is 4.69. The van der Waals surface area contributed by atoms with Gasteiger partial charge in [0.15, 0.2) is 0 Å². The minimum Gasteiger partial charge on any atom is -0.395 e. The fourth-order valence-corrected chi connectivity index (χ4v) is 1.96. The third-order valence-electron chi connectivity index (χ3n) is 3.05. The molecular weight excluding hydrogens is 278 g/mol. The minimum atomic E-state index is -0.496. The van der Waals surface area contributed by atoms with Gasteiger partial charge >= 0.3 is 0 Å². The molecule has 0 aliphatic heterocycles. The first kappa shape index (κ1) is 16.8. The molecule has 1 unspecified atom stereocenters. The number of rotatable bonds is 7. The van der Waals surface area contributed by atoms with Gasteiger partial charge in [0.1, 0.15) is 0 Å². The molecule has 0 saturated heterocycles. The molecule has 0 saturated carbocycles.